The van der Waals surface area contributed by atoms with Gasteiger partial charge in [-0.05, 0) is 66.9 Å². The van der Waals surface area contributed by atoms with Crippen LogP contribution in [-0.4, -0.2) is 92.5 Å². The third kappa shape index (κ3) is 6.11. The van der Waals surface area contributed by atoms with Crippen LogP contribution >= 0.6 is 0 Å². The zero-order chi connectivity index (χ0) is 34.2. The molecule has 0 spiro atoms. The van der Waals surface area contributed by atoms with E-state index in [4.69, 9.17) is 18.9 Å². The van der Waals surface area contributed by atoms with Crippen molar-refractivity contribution in [1.82, 2.24) is 14.8 Å². The molecule has 2 aromatic heterocycles. The number of aliphatic hydroxyl groups is 3. The lowest BCUT2D eigenvalue weighted by Crippen LogP contribution is -2.60. The molecular formula is C36H34FN3O9. The van der Waals surface area contributed by atoms with E-state index in [1.807, 2.05) is 6.07 Å². The Hall–Kier alpha value is -4.92. The summed E-state index contributed by atoms with van der Waals surface area (Å²) in [6.07, 6.45) is -4.35. The van der Waals surface area contributed by atoms with Crippen LogP contribution in [0.5, 0.6) is 0 Å². The van der Waals surface area contributed by atoms with Crippen molar-refractivity contribution in [3.63, 3.8) is 0 Å². The molecule has 0 radical (unpaired) electrons. The quantitative estimate of drug-likeness (QED) is 0.140. The molecule has 13 heteroatoms. The number of fused-ring (bicyclic) bond motifs is 2. The Morgan fingerprint density at radius 1 is 1.02 bits per heavy atom. The number of H-pyrrole nitrogens is 1. The van der Waals surface area contributed by atoms with E-state index in [2.05, 4.69) is 27.4 Å². The van der Waals surface area contributed by atoms with E-state index in [0.717, 1.165) is 57.2 Å². The fourth-order valence-corrected chi connectivity index (χ4v) is 6.58. The lowest BCUT2D eigenvalue weighted by atomic mass is 9.89. The molecule has 3 aromatic carbocycles. The first-order valence-corrected chi connectivity index (χ1v) is 15.9. The first-order valence-electron chi connectivity index (χ1n) is 15.9. The summed E-state index contributed by atoms with van der Waals surface area (Å²) in [6, 6.07) is 17.2. The Morgan fingerprint density at radius 2 is 1.76 bits per heavy atom. The van der Waals surface area contributed by atoms with Gasteiger partial charge in [-0.25, -0.2) is 14.0 Å². The van der Waals surface area contributed by atoms with Crippen molar-refractivity contribution >= 4 is 33.7 Å². The van der Waals surface area contributed by atoms with E-state index >= 15 is 0 Å². The van der Waals surface area contributed by atoms with Crippen LogP contribution in [0.15, 0.2) is 79.5 Å². The van der Waals surface area contributed by atoms with E-state index in [1.54, 1.807) is 42.6 Å². The molecule has 0 bridgehead atoms. The summed E-state index contributed by atoms with van der Waals surface area (Å²) in [4.78, 5) is 25.6. The minimum Gasteiger partial charge on any atom is -0.459 e. The van der Waals surface area contributed by atoms with Gasteiger partial charge in [-0.15, -0.1) is 0 Å². The van der Waals surface area contributed by atoms with Gasteiger partial charge in [-0.2, -0.15) is 5.10 Å². The van der Waals surface area contributed by atoms with Gasteiger partial charge >= 0.3 is 11.9 Å². The van der Waals surface area contributed by atoms with Gasteiger partial charge in [0.25, 0.3) is 0 Å². The van der Waals surface area contributed by atoms with Crippen molar-refractivity contribution in [3.8, 4) is 16.8 Å². The molecule has 4 N–H and O–H groups in total. The first kappa shape index (κ1) is 32.6. The number of aromatic nitrogens is 3. The number of nitrogens with zero attached hydrogens (tertiary/aromatic N) is 2. The summed E-state index contributed by atoms with van der Waals surface area (Å²) in [5, 5.41) is 40.2. The third-order valence-corrected chi connectivity index (χ3v) is 9.03. The van der Waals surface area contributed by atoms with Gasteiger partial charge < -0.3 is 38.8 Å². The summed E-state index contributed by atoms with van der Waals surface area (Å²) in [5.41, 5.74) is 5.43. The first-order chi connectivity index (χ1) is 23.7. The van der Waals surface area contributed by atoms with Crippen molar-refractivity contribution in [2.75, 3.05) is 19.8 Å². The van der Waals surface area contributed by atoms with Gasteiger partial charge in [-0.1, -0.05) is 24.8 Å². The number of ether oxygens (including phenoxy) is 4. The van der Waals surface area contributed by atoms with Crippen molar-refractivity contribution in [1.29, 1.82) is 0 Å². The summed E-state index contributed by atoms with van der Waals surface area (Å²) in [5.74, 6) is -2.14. The predicted octanol–water partition coefficient (Wildman–Crippen LogP) is 3.90. The van der Waals surface area contributed by atoms with E-state index in [9.17, 15) is 29.3 Å². The van der Waals surface area contributed by atoms with Crippen LogP contribution in [-0.2, 0) is 23.7 Å². The normalized spacial score (nSPS) is 23.1. The van der Waals surface area contributed by atoms with Gasteiger partial charge in [-0.3, -0.25) is 5.10 Å². The maximum absolute atomic E-state index is 14.1. The van der Waals surface area contributed by atoms with Gasteiger partial charge in [0, 0.05) is 46.8 Å². The molecule has 0 saturated carbocycles. The molecule has 5 aromatic rings. The summed E-state index contributed by atoms with van der Waals surface area (Å²) >= 11 is 0. The van der Waals surface area contributed by atoms with Crippen LogP contribution in [0.2, 0.25) is 0 Å². The van der Waals surface area contributed by atoms with Crippen molar-refractivity contribution < 1.29 is 48.2 Å². The monoisotopic (exact) mass is 671 g/mol. The van der Waals surface area contributed by atoms with Gasteiger partial charge in [0.05, 0.1) is 22.8 Å². The van der Waals surface area contributed by atoms with Gasteiger partial charge in [0.2, 0.25) is 6.29 Å². The van der Waals surface area contributed by atoms with E-state index < -0.39 is 42.6 Å². The van der Waals surface area contributed by atoms with Gasteiger partial charge in [0.15, 0.2) is 6.10 Å². The van der Waals surface area contributed by atoms with Crippen molar-refractivity contribution in [3.05, 3.63) is 96.6 Å². The molecule has 7 rings (SSSR count). The second-order valence-electron chi connectivity index (χ2n) is 12.1. The molecule has 2 saturated heterocycles. The van der Waals surface area contributed by atoms with Crippen LogP contribution < -0.4 is 0 Å². The average molecular weight is 672 g/mol. The molecular weight excluding hydrogens is 637 g/mol. The maximum Gasteiger partial charge on any atom is 0.340 e. The van der Waals surface area contributed by atoms with E-state index in [1.165, 1.54) is 18.2 Å². The predicted molar refractivity (Wildman–Crippen MR) is 174 cm³/mol. The SMILES string of the molecule is C=CCOC(=O)[C@H]1OC(OC(=O)c2ccc(-c3c(C4CCOCC4)n(-c4ccc(F)cc4)c4cc5cn[nH]c5cc34)cc2)[C@H](O)[C@@H](O)[C@@H]1O. The highest BCUT2D eigenvalue weighted by molar-refractivity contribution is 6.06. The number of carbonyl (C=O) groups excluding carboxylic acids is 2. The Labute approximate surface area is 279 Å². The zero-order valence-electron chi connectivity index (χ0n) is 26.2. The summed E-state index contributed by atoms with van der Waals surface area (Å²) < 4.78 is 37.6. The highest BCUT2D eigenvalue weighted by atomic mass is 19.1. The Balaban J connectivity index is 1.26. The van der Waals surface area contributed by atoms with Crippen LogP contribution in [0.1, 0.15) is 34.8 Å². The molecule has 1 unspecified atom stereocenters. The number of benzene rings is 3. The molecule has 254 valence electrons. The number of aliphatic hydroxyl groups excluding tert-OH is 3. The fourth-order valence-electron chi connectivity index (χ4n) is 6.58. The molecule has 2 aliphatic rings. The molecule has 0 amide bonds. The topological polar surface area (TPSA) is 165 Å². The zero-order valence-corrected chi connectivity index (χ0v) is 26.2. The number of nitrogens with one attached hydrogen (secondary N) is 1. The second-order valence-corrected chi connectivity index (χ2v) is 12.1. The van der Waals surface area contributed by atoms with Crippen molar-refractivity contribution in [2.24, 2.45) is 0 Å². The minimum absolute atomic E-state index is 0.108. The maximum atomic E-state index is 14.1. The van der Waals surface area contributed by atoms with Gasteiger partial charge in [0.1, 0.15) is 30.7 Å². The largest absolute Gasteiger partial charge is 0.459 e. The van der Waals surface area contributed by atoms with E-state index in [-0.39, 0.29) is 23.9 Å². The van der Waals surface area contributed by atoms with Crippen LogP contribution in [0, 0.1) is 5.82 Å². The summed E-state index contributed by atoms with van der Waals surface area (Å²) in [6.45, 7) is 4.46. The molecule has 0 aliphatic carbocycles. The highest BCUT2D eigenvalue weighted by Crippen LogP contribution is 2.44. The number of rotatable bonds is 8. The Kier molecular flexibility index (Phi) is 9.01. The van der Waals surface area contributed by atoms with Crippen LogP contribution in [0.3, 0.4) is 0 Å². The molecule has 4 heterocycles. The molecule has 12 nitrogen and oxygen atoms in total. The number of esters is 2. The molecule has 49 heavy (non-hydrogen) atoms. The number of halogens is 1. The minimum atomic E-state index is -1.85. The molecule has 5 atom stereocenters. The fraction of sp³-hybridized carbons (Fsp3) is 0.306. The smallest absolute Gasteiger partial charge is 0.340 e. The highest BCUT2D eigenvalue weighted by Gasteiger charge is 2.49. The Morgan fingerprint density at radius 3 is 2.47 bits per heavy atom. The van der Waals surface area contributed by atoms with Crippen molar-refractivity contribution in [2.45, 2.75) is 49.5 Å². The standard InChI is InChI=1S/C36H34FN3O9/c1-2-13-47-35(45)33-31(42)30(41)32(43)36(48-33)49-34(44)21-5-3-19(4-6-21)28-25-17-26-22(18-38-39-26)16-27(25)40(24-9-7-23(37)8-10-24)29(28)20-11-14-46-15-12-20/h2-10,16-18,20,30-33,36,41-43H,1,11-15H2,(H,38,39)/t30-,31-,32+,33-,36?/m0/s1. The van der Waals surface area contributed by atoms with Crippen LogP contribution in [0.4, 0.5) is 4.39 Å². The Bertz CT molecular complexity index is 2000. The number of hydrogen-bond acceptors (Lipinski definition) is 10. The number of hydrogen-bond donors (Lipinski definition) is 4. The number of aromatic amines is 1. The third-order valence-electron chi connectivity index (χ3n) is 9.03. The van der Waals surface area contributed by atoms with E-state index in [0.29, 0.717) is 13.2 Å². The summed E-state index contributed by atoms with van der Waals surface area (Å²) in [7, 11) is 0. The molecule has 2 fully saturated rings. The lowest BCUT2D eigenvalue weighted by molar-refractivity contribution is -0.279. The second kappa shape index (κ2) is 13.5. The number of carbonyl (C=O) groups is 2. The van der Waals surface area contributed by atoms with Crippen LogP contribution in [0.25, 0.3) is 38.6 Å². The molecule has 2 aliphatic heterocycles. The average Bonchev–Trinajstić information content (AvgIpc) is 3.72. The lowest BCUT2D eigenvalue weighted by Gasteiger charge is -2.38.